The summed E-state index contributed by atoms with van der Waals surface area (Å²) in [6.07, 6.45) is 4.22. The first-order chi connectivity index (χ1) is 7.79. The first-order valence-corrected chi connectivity index (χ1v) is 5.92. The minimum absolute atomic E-state index is 0.0144. The first kappa shape index (κ1) is 11.5. The van der Waals surface area contributed by atoms with Gasteiger partial charge in [0, 0.05) is 6.42 Å². The molecule has 2 atom stereocenters. The third-order valence-electron chi connectivity index (χ3n) is 2.81. The average molecular weight is 225 g/mol. The molecule has 0 aromatic carbocycles. The minimum Gasteiger partial charge on any atom is -0.422 e. The van der Waals surface area contributed by atoms with Crippen LogP contribution in [-0.4, -0.2) is 29.9 Å². The molecule has 1 fully saturated rings. The maximum atomic E-state index is 5.68. The van der Waals surface area contributed by atoms with Crippen LogP contribution in [0.5, 0.6) is 0 Å². The van der Waals surface area contributed by atoms with E-state index in [2.05, 4.69) is 22.4 Å². The van der Waals surface area contributed by atoms with Crippen LogP contribution in [0.4, 0.5) is 0 Å². The van der Waals surface area contributed by atoms with E-state index in [0.717, 1.165) is 32.2 Å². The summed E-state index contributed by atoms with van der Waals surface area (Å²) < 4.78 is 11.3. The molecule has 1 N–H and O–H groups in total. The lowest BCUT2D eigenvalue weighted by Gasteiger charge is -2.05. The normalized spacial score (nSPS) is 25.1. The van der Waals surface area contributed by atoms with E-state index in [9.17, 15) is 0 Å². The van der Waals surface area contributed by atoms with Gasteiger partial charge in [-0.15, -0.1) is 10.2 Å². The molecule has 5 heteroatoms. The molecule has 90 valence electrons. The molecule has 0 radical (unpaired) electrons. The highest BCUT2D eigenvalue weighted by Gasteiger charge is 2.27. The van der Waals surface area contributed by atoms with Crippen molar-refractivity contribution in [2.75, 3.05) is 13.6 Å². The van der Waals surface area contributed by atoms with E-state index < -0.39 is 0 Å². The SMILES string of the molecule is CNCCCc1nnc(C2CCC(C)O2)o1. The number of aryl methyl sites for hydroxylation is 1. The Hall–Kier alpha value is -0.940. The molecule has 1 aliphatic rings. The van der Waals surface area contributed by atoms with Gasteiger partial charge in [0.2, 0.25) is 11.8 Å². The van der Waals surface area contributed by atoms with E-state index in [1.54, 1.807) is 0 Å². The lowest BCUT2D eigenvalue weighted by Crippen LogP contribution is -2.08. The Morgan fingerprint density at radius 1 is 1.38 bits per heavy atom. The summed E-state index contributed by atoms with van der Waals surface area (Å²) in [7, 11) is 1.94. The molecule has 2 heterocycles. The summed E-state index contributed by atoms with van der Waals surface area (Å²) >= 11 is 0. The van der Waals surface area contributed by atoms with Crippen molar-refractivity contribution in [1.29, 1.82) is 0 Å². The Labute approximate surface area is 95.6 Å². The molecule has 1 aromatic heterocycles. The Bertz CT molecular complexity index is 327. The highest BCUT2D eigenvalue weighted by molar-refractivity contribution is 4.90. The zero-order valence-corrected chi connectivity index (χ0v) is 9.90. The van der Waals surface area contributed by atoms with E-state index in [4.69, 9.17) is 9.15 Å². The fourth-order valence-corrected chi connectivity index (χ4v) is 1.90. The number of hydrogen-bond acceptors (Lipinski definition) is 5. The van der Waals surface area contributed by atoms with Gasteiger partial charge in [-0.3, -0.25) is 0 Å². The standard InChI is InChI=1S/C11H19N3O2/c1-8-5-6-9(15-8)11-14-13-10(16-11)4-3-7-12-2/h8-9,12H,3-7H2,1-2H3. The van der Waals surface area contributed by atoms with E-state index in [1.807, 2.05) is 7.05 Å². The fourth-order valence-electron chi connectivity index (χ4n) is 1.90. The van der Waals surface area contributed by atoms with Crippen molar-refractivity contribution in [2.24, 2.45) is 0 Å². The Morgan fingerprint density at radius 2 is 2.25 bits per heavy atom. The molecule has 2 rings (SSSR count). The van der Waals surface area contributed by atoms with Crippen LogP contribution in [-0.2, 0) is 11.2 Å². The van der Waals surface area contributed by atoms with Crippen LogP contribution < -0.4 is 5.32 Å². The van der Waals surface area contributed by atoms with Crippen molar-refractivity contribution in [1.82, 2.24) is 15.5 Å². The second kappa shape index (κ2) is 5.41. The number of rotatable bonds is 5. The van der Waals surface area contributed by atoms with E-state index in [1.165, 1.54) is 0 Å². The lowest BCUT2D eigenvalue weighted by atomic mass is 10.2. The van der Waals surface area contributed by atoms with Crippen LogP contribution in [0.1, 0.15) is 44.1 Å². The van der Waals surface area contributed by atoms with Gasteiger partial charge in [-0.2, -0.15) is 0 Å². The maximum Gasteiger partial charge on any atom is 0.245 e. The minimum atomic E-state index is 0.0144. The second-order valence-corrected chi connectivity index (χ2v) is 4.25. The molecule has 0 bridgehead atoms. The number of ether oxygens (including phenoxy) is 1. The third-order valence-corrected chi connectivity index (χ3v) is 2.81. The summed E-state index contributed by atoms with van der Waals surface area (Å²) in [6.45, 7) is 3.04. The Balaban J connectivity index is 1.87. The van der Waals surface area contributed by atoms with Gasteiger partial charge in [0.1, 0.15) is 6.10 Å². The van der Waals surface area contributed by atoms with Crippen LogP contribution in [0.2, 0.25) is 0 Å². The van der Waals surface area contributed by atoms with Crippen LogP contribution in [0, 0.1) is 0 Å². The second-order valence-electron chi connectivity index (χ2n) is 4.25. The van der Waals surface area contributed by atoms with Gasteiger partial charge in [0.05, 0.1) is 6.10 Å². The lowest BCUT2D eigenvalue weighted by molar-refractivity contribution is 0.0384. The number of aromatic nitrogens is 2. The zero-order valence-electron chi connectivity index (χ0n) is 9.90. The predicted molar refractivity (Wildman–Crippen MR) is 59.1 cm³/mol. The van der Waals surface area contributed by atoms with Crippen LogP contribution >= 0.6 is 0 Å². The van der Waals surface area contributed by atoms with Crippen molar-refractivity contribution in [2.45, 2.75) is 44.8 Å². The predicted octanol–water partition coefficient (Wildman–Crippen LogP) is 1.46. The van der Waals surface area contributed by atoms with Gasteiger partial charge in [-0.25, -0.2) is 0 Å². The monoisotopic (exact) mass is 225 g/mol. The molecule has 16 heavy (non-hydrogen) atoms. The number of nitrogens with zero attached hydrogens (tertiary/aromatic N) is 2. The maximum absolute atomic E-state index is 5.68. The molecule has 1 saturated heterocycles. The fraction of sp³-hybridized carbons (Fsp3) is 0.818. The largest absolute Gasteiger partial charge is 0.422 e. The van der Waals surface area contributed by atoms with Crippen LogP contribution in [0.15, 0.2) is 4.42 Å². The summed E-state index contributed by atoms with van der Waals surface area (Å²) in [5.41, 5.74) is 0. The molecule has 2 unspecified atom stereocenters. The van der Waals surface area contributed by atoms with Gasteiger partial charge in [-0.05, 0) is 39.8 Å². The first-order valence-electron chi connectivity index (χ1n) is 5.92. The van der Waals surface area contributed by atoms with Gasteiger partial charge in [0.25, 0.3) is 0 Å². The summed E-state index contributed by atoms with van der Waals surface area (Å²) in [4.78, 5) is 0. The van der Waals surface area contributed by atoms with Crippen LogP contribution in [0.3, 0.4) is 0 Å². The van der Waals surface area contributed by atoms with Gasteiger partial charge < -0.3 is 14.5 Å². The van der Waals surface area contributed by atoms with Crippen molar-refractivity contribution in [3.05, 3.63) is 11.8 Å². The molecule has 1 aromatic rings. The highest BCUT2D eigenvalue weighted by atomic mass is 16.5. The smallest absolute Gasteiger partial charge is 0.245 e. The highest BCUT2D eigenvalue weighted by Crippen LogP contribution is 2.31. The van der Waals surface area contributed by atoms with E-state index in [-0.39, 0.29) is 6.10 Å². The molecule has 1 aliphatic heterocycles. The molecule has 0 aliphatic carbocycles. The van der Waals surface area contributed by atoms with Gasteiger partial charge >= 0.3 is 0 Å². The Morgan fingerprint density at radius 3 is 2.94 bits per heavy atom. The Kier molecular flexibility index (Phi) is 3.90. The molecular weight excluding hydrogens is 206 g/mol. The van der Waals surface area contributed by atoms with Gasteiger partial charge in [0.15, 0.2) is 0 Å². The topological polar surface area (TPSA) is 60.2 Å². The van der Waals surface area contributed by atoms with Crippen molar-refractivity contribution in [3.8, 4) is 0 Å². The molecule has 5 nitrogen and oxygen atoms in total. The van der Waals surface area contributed by atoms with Crippen molar-refractivity contribution >= 4 is 0 Å². The number of nitrogens with one attached hydrogen (secondary N) is 1. The molecule has 0 amide bonds. The average Bonchev–Trinajstić information content (AvgIpc) is 2.87. The zero-order chi connectivity index (χ0) is 11.4. The summed E-state index contributed by atoms with van der Waals surface area (Å²) in [6, 6.07) is 0. The molecule has 0 saturated carbocycles. The number of hydrogen-bond donors (Lipinski definition) is 1. The third kappa shape index (κ3) is 2.80. The molecule has 0 spiro atoms. The van der Waals surface area contributed by atoms with Crippen molar-refractivity contribution < 1.29 is 9.15 Å². The summed E-state index contributed by atoms with van der Waals surface area (Å²) in [5, 5.41) is 11.2. The molecular formula is C11H19N3O2. The quantitative estimate of drug-likeness (QED) is 0.769. The van der Waals surface area contributed by atoms with Crippen molar-refractivity contribution in [3.63, 3.8) is 0 Å². The summed E-state index contributed by atoms with van der Waals surface area (Å²) in [5.74, 6) is 1.36. The van der Waals surface area contributed by atoms with E-state index >= 15 is 0 Å². The van der Waals surface area contributed by atoms with Gasteiger partial charge in [-0.1, -0.05) is 0 Å². The van der Waals surface area contributed by atoms with E-state index in [0.29, 0.717) is 17.9 Å². The van der Waals surface area contributed by atoms with Crippen LogP contribution in [0.25, 0.3) is 0 Å².